The Kier molecular flexibility index (Phi) is 12.6. The number of piperidine rings is 1. The van der Waals surface area contributed by atoms with Crippen LogP contribution >= 0.6 is 12.4 Å². The molecule has 222 valence electrons. The number of halogens is 1. The topological polar surface area (TPSA) is 99.8 Å². The summed E-state index contributed by atoms with van der Waals surface area (Å²) in [4.78, 5) is 15.2. The van der Waals surface area contributed by atoms with Crippen LogP contribution in [0.25, 0.3) is 0 Å². The fraction of sp³-hybridized carbons (Fsp3) is 0.567. The molecule has 1 atom stereocenters. The van der Waals surface area contributed by atoms with Crippen molar-refractivity contribution in [3.63, 3.8) is 0 Å². The summed E-state index contributed by atoms with van der Waals surface area (Å²) in [6, 6.07) is 15.2. The molecule has 2 fully saturated rings. The van der Waals surface area contributed by atoms with Crippen LogP contribution in [-0.4, -0.2) is 57.2 Å². The highest BCUT2D eigenvalue weighted by Gasteiger charge is 2.25. The predicted molar refractivity (Wildman–Crippen MR) is 164 cm³/mol. The number of anilines is 1. The maximum atomic E-state index is 12.8. The second-order valence-electron chi connectivity index (χ2n) is 11.1. The molecule has 1 unspecified atom stereocenters. The van der Waals surface area contributed by atoms with Gasteiger partial charge in [0.15, 0.2) is 0 Å². The molecule has 0 aromatic heterocycles. The SMILES string of the molecule is CCC(NC1CCN(Cc2ccc(Oc3ccc(NS(C)(=O)=O)cc3)cc2)CC1)C(=O)NCC1CCCCC1.Cl. The summed E-state index contributed by atoms with van der Waals surface area (Å²) in [7, 11) is -3.30. The van der Waals surface area contributed by atoms with Crippen molar-refractivity contribution in [2.75, 3.05) is 30.6 Å². The first-order chi connectivity index (χ1) is 18.8. The average molecular weight is 593 g/mol. The maximum absolute atomic E-state index is 12.8. The molecule has 10 heteroatoms. The van der Waals surface area contributed by atoms with Gasteiger partial charge in [0.25, 0.3) is 0 Å². The minimum atomic E-state index is -3.30. The predicted octanol–water partition coefficient (Wildman–Crippen LogP) is 5.30. The van der Waals surface area contributed by atoms with Crippen molar-refractivity contribution >= 4 is 34.0 Å². The van der Waals surface area contributed by atoms with E-state index >= 15 is 0 Å². The molecule has 3 N–H and O–H groups in total. The largest absolute Gasteiger partial charge is 0.457 e. The lowest BCUT2D eigenvalue weighted by Crippen LogP contribution is -2.51. The van der Waals surface area contributed by atoms with E-state index in [0.29, 0.717) is 23.4 Å². The van der Waals surface area contributed by atoms with Crippen LogP contribution in [0.1, 0.15) is 63.9 Å². The molecular formula is C30H45ClN4O4S. The van der Waals surface area contributed by atoms with Crippen LogP contribution in [0.3, 0.4) is 0 Å². The number of carbonyl (C=O) groups is 1. The van der Waals surface area contributed by atoms with Gasteiger partial charge in [0.05, 0.1) is 12.3 Å². The normalized spacial score (nSPS) is 17.9. The average Bonchev–Trinajstić information content (AvgIpc) is 2.93. The number of ether oxygens (including phenoxy) is 1. The summed E-state index contributed by atoms with van der Waals surface area (Å²) in [6.07, 6.45) is 10.5. The number of nitrogens with one attached hydrogen (secondary N) is 3. The molecule has 0 spiro atoms. The van der Waals surface area contributed by atoms with Gasteiger partial charge in [-0.05, 0) is 93.1 Å². The third kappa shape index (κ3) is 10.6. The summed E-state index contributed by atoms with van der Waals surface area (Å²) in [5.41, 5.74) is 1.73. The molecule has 2 aromatic rings. The van der Waals surface area contributed by atoms with Crippen LogP contribution in [-0.2, 0) is 21.4 Å². The van der Waals surface area contributed by atoms with Crippen molar-refractivity contribution < 1.29 is 17.9 Å². The molecule has 2 aromatic carbocycles. The van der Waals surface area contributed by atoms with E-state index in [1.165, 1.54) is 37.7 Å². The number of hydrogen-bond donors (Lipinski definition) is 3. The van der Waals surface area contributed by atoms with Crippen molar-refractivity contribution in [3.8, 4) is 11.5 Å². The van der Waals surface area contributed by atoms with Gasteiger partial charge in [-0.2, -0.15) is 0 Å². The van der Waals surface area contributed by atoms with E-state index in [0.717, 1.165) is 57.4 Å². The van der Waals surface area contributed by atoms with Crippen molar-refractivity contribution in [1.82, 2.24) is 15.5 Å². The Bertz CT molecular complexity index is 1150. The zero-order chi connectivity index (χ0) is 27.7. The van der Waals surface area contributed by atoms with Crippen LogP contribution in [0.5, 0.6) is 11.5 Å². The number of hydrogen-bond acceptors (Lipinski definition) is 6. The Hall–Kier alpha value is -2.33. The molecule has 1 aliphatic heterocycles. The number of nitrogens with zero attached hydrogens (tertiary/aromatic N) is 1. The molecule has 1 heterocycles. The first kappa shape index (κ1) is 32.2. The van der Waals surface area contributed by atoms with Crippen LogP contribution in [0, 0.1) is 5.92 Å². The maximum Gasteiger partial charge on any atom is 0.237 e. The van der Waals surface area contributed by atoms with Gasteiger partial charge < -0.3 is 15.4 Å². The van der Waals surface area contributed by atoms with Crippen LogP contribution in [0.2, 0.25) is 0 Å². The van der Waals surface area contributed by atoms with Crippen LogP contribution in [0.4, 0.5) is 5.69 Å². The highest BCUT2D eigenvalue weighted by atomic mass is 35.5. The molecule has 0 bridgehead atoms. The van der Waals surface area contributed by atoms with Crippen molar-refractivity contribution in [3.05, 3.63) is 54.1 Å². The summed E-state index contributed by atoms with van der Waals surface area (Å²) in [5.74, 6) is 2.19. The second kappa shape index (κ2) is 15.6. The number of sulfonamides is 1. The quantitative estimate of drug-likeness (QED) is 0.309. The third-order valence-corrected chi connectivity index (χ3v) is 8.37. The highest BCUT2D eigenvalue weighted by molar-refractivity contribution is 7.92. The van der Waals surface area contributed by atoms with Crippen molar-refractivity contribution in [2.45, 2.75) is 76.9 Å². The third-order valence-electron chi connectivity index (χ3n) is 7.76. The van der Waals surface area contributed by atoms with Gasteiger partial charge in [-0.15, -0.1) is 12.4 Å². The monoisotopic (exact) mass is 592 g/mol. The van der Waals surface area contributed by atoms with Gasteiger partial charge in [0.2, 0.25) is 15.9 Å². The number of benzene rings is 2. The van der Waals surface area contributed by atoms with Gasteiger partial charge in [-0.3, -0.25) is 14.4 Å². The molecule has 8 nitrogen and oxygen atoms in total. The van der Waals surface area contributed by atoms with Gasteiger partial charge in [0, 0.05) is 24.8 Å². The Labute approximate surface area is 246 Å². The van der Waals surface area contributed by atoms with E-state index in [-0.39, 0.29) is 24.4 Å². The fourth-order valence-electron chi connectivity index (χ4n) is 5.54. The lowest BCUT2D eigenvalue weighted by Gasteiger charge is -2.34. The van der Waals surface area contributed by atoms with Crippen LogP contribution < -0.4 is 20.1 Å². The van der Waals surface area contributed by atoms with Crippen molar-refractivity contribution in [1.29, 1.82) is 0 Å². The minimum absolute atomic E-state index is 0. The first-order valence-electron chi connectivity index (χ1n) is 14.4. The minimum Gasteiger partial charge on any atom is -0.457 e. The lowest BCUT2D eigenvalue weighted by molar-refractivity contribution is -0.123. The summed E-state index contributed by atoms with van der Waals surface area (Å²) in [6.45, 7) is 5.81. The zero-order valence-electron chi connectivity index (χ0n) is 23.7. The van der Waals surface area contributed by atoms with Gasteiger partial charge in [-0.25, -0.2) is 8.42 Å². The van der Waals surface area contributed by atoms with Crippen molar-refractivity contribution in [2.24, 2.45) is 5.92 Å². The Morgan fingerprint density at radius 2 is 1.55 bits per heavy atom. The van der Waals surface area contributed by atoms with Gasteiger partial charge >= 0.3 is 0 Å². The van der Waals surface area contributed by atoms with E-state index in [2.05, 4.69) is 39.3 Å². The lowest BCUT2D eigenvalue weighted by atomic mass is 9.89. The summed E-state index contributed by atoms with van der Waals surface area (Å²) in [5, 5.41) is 6.85. The Morgan fingerprint density at radius 3 is 2.12 bits per heavy atom. The van der Waals surface area contributed by atoms with E-state index in [1.54, 1.807) is 24.3 Å². The Balaban J connectivity index is 0.00000441. The standard InChI is InChI=1S/C30H44N4O4S.ClH/c1-3-29(30(35)31-21-23-7-5-4-6-8-23)32-25-17-19-34(20-18-25)22-24-9-13-27(14-10-24)38-28-15-11-26(12-16-28)33-39(2,36)37;/h9-16,23,25,29,32-33H,3-8,17-22H2,1-2H3,(H,31,35);1H. The smallest absolute Gasteiger partial charge is 0.237 e. The van der Waals surface area contributed by atoms with E-state index in [4.69, 9.17) is 4.74 Å². The summed E-state index contributed by atoms with van der Waals surface area (Å²) >= 11 is 0. The second-order valence-corrected chi connectivity index (χ2v) is 12.8. The van der Waals surface area contributed by atoms with Gasteiger partial charge in [-0.1, -0.05) is 38.3 Å². The highest BCUT2D eigenvalue weighted by Crippen LogP contribution is 2.25. The first-order valence-corrected chi connectivity index (χ1v) is 16.3. The van der Waals surface area contributed by atoms with E-state index in [1.807, 2.05) is 12.1 Å². The number of carbonyl (C=O) groups excluding carboxylic acids is 1. The fourth-order valence-corrected chi connectivity index (χ4v) is 6.11. The van der Waals surface area contributed by atoms with E-state index in [9.17, 15) is 13.2 Å². The number of rotatable bonds is 12. The molecule has 0 radical (unpaired) electrons. The molecule has 1 saturated heterocycles. The van der Waals surface area contributed by atoms with Crippen LogP contribution in [0.15, 0.2) is 48.5 Å². The molecule has 1 amide bonds. The molecule has 40 heavy (non-hydrogen) atoms. The molecule has 1 saturated carbocycles. The number of likely N-dealkylation sites (tertiary alicyclic amines) is 1. The van der Waals surface area contributed by atoms with Gasteiger partial charge in [0.1, 0.15) is 11.5 Å². The molecule has 2 aliphatic rings. The molecule has 1 aliphatic carbocycles. The molecular weight excluding hydrogens is 548 g/mol. The van der Waals surface area contributed by atoms with E-state index < -0.39 is 10.0 Å². The summed E-state index contributed by atoms with van der Waals surface area (Å²) < 4.78 is 31.1. The number of amides is 1. The zero-order valence-corrected chi connectivity index (χ0v) is 25.4. The molecule has 4 rings (SSSR count). The Morgan fingerprint density at radius 1 is 0.950 bits per heavy atom.